The number of para-hydroxylation sites is 1. The Kier molecular flexibility index (Phi) is 4.30. The van der Waals surface area contributed by atoms with Crippen LogP contribution in [0.5, 0.6) is 0 Å². The Balaban J connectivity index is 2.20. The first-order valence-electron chi connectivity index (χ1n) is 5.89. The second kappa shape index (κ2) is 5.95. The number of ether oxygens (including phenoxy) is 1. The lowest BCUT2D eigenvalue weighted by atomic mass is 10.1. The number of nitrogens with one attached hydrogen (secondary N) is 1. The number of furan rings is 1. The van der Waals surface area contributed by atoms with Gasteiger partial charge in [-0.25, -0.2) is 9.82 Å². The molecular formula is C13H17FN2O2. The standard InChI is InChI=1S/C13H17FN2O2/c1-17-7-3-6-11(16-15)12-8-9-4-2-5-10(14)13(9)18-12/h2,4-5,8,11,16H,3,6-7,15H2,1H3. The van der Waals surface area contributed by atoms with Gasteiger partial charge in [-0.15, -0.1) is 0 Å². The molecule has 0 aliphatic carbocycles. The van der Waals surface area contributed by atoms with Crippen LogP contribution in [0.15, 0.2) is 28.7 Å². The molecule has 1 atom stereocenters. The van der Waals surface area contributed by atoms with Gasteiger partial charge in [0.2, 0.25) is 0 Å². The van der Waals surface area contributed by atoms with E-state index in [9.17, 15) is 4.39 Å². The van der Waals surface area contributed by atoms with E-state index < -0.39 is 0 Å². The number of benzene rings is 1. The van der Waals surface area contributed by atoms with Crippen LogP contribution in [0.3, 0.4) is 0 Å². The highest BCUT2D eigenvalue weighted by Crippen LogP contribution is 2.27. The summed E-state index contributed by atoms with van der Waals surface area (Å²) in [6.45, 7) is 0.659. The third-order valence-electron chi connectivity index (χ3n) is 2.90. The largest absolute Gasteiger partial charge is 0.456 e. The first-order valence-corrected chi connectivity index (χ1v) is 5.89. The van der Waals surface area contributed by atoms with Crippen LogP contribution in [-0.2, 0) is 4.74 Å². The van der Waals surface area contributed by atoms with Gasteiger partial charge in [-0.3, -0.25) is 5.84 Å². The predicted molar refractivity (Wildman–Crippen MR) is 67.3 cm³/mol. The summed E-state index contributed by atoms with van der Waals surface area (Å²) < 4.78 is 24.0. The van der Waals surface area contributed by atoms with Gasteiger partial charge in [0.15, 0.2) is 11.4 Å². The van der Waals surface area contributed by atoms with Gasteiger partial charge < -0.3 is 9.15 Å². The maximum Gasteiger partial charge on any atom is 0.169 e. The molecule has 1 heterocycles. The van der Waals surface area contributed by atoms with Crippen molar-refractivity contribution in [2.24, 2.45) is 5.84 Å². The molecule has 0 aliphatic rings. The van der Waals surface area contributed by atoms with Crippen molar-refractivity contribution in [1.82, 2.24) is 5.43 Å². The quantitative estimate of drug-likeness (QED) is 0.471. The highest BCUT2D eigenvalue weighted by molar-refractivity contribution is 5.78. The first-order chi connectivity index (χ1) is 8.76. The van der Waals surface area contributed by atoms with Crippen molar-refractivity contribution in [3.05, 3.63) is 35.8 Å². The van der Waals surface area contributed by atoms with Crippen molar-refractivity contribution >= 4 is 11.0 Å². The molecule has 3 N–H and O–H groups in total. The van der Waals surface area contributed by atoms with Gasteiger partial charge in [0.05, 0.1) is 6.04 Å². The molecule has 2 aromatic rings. The Morgan fingerprint density at radius 2 is 2.33 bits per heavy atom. The van der Waals surface area contributed by atoms with Gasteiger partial charge >= 0.3 is 0 Å². The summed E-state index contributed by atoms with van der Waals surface area (Å²) in [6.07, 6.45) is 1.62. The SMILES string of the molecule is COCCCC(NN)c1cc2cccc(F)c2o1. The average molecular weight is 252 g/mol. The van der Waals surface area contributed by atoms with Gasteiger partial charge in [-0.2, -0.15) is 0 Å². The third-order valence-corrected chi connectivity index (χ3v) is 2.90. The lowest BCUT2D eigenvalue weighted by molar-refractivity contribution is 0.187. The van der Waals surface area contributed by atoms with Crippen LogP contribution >= 0.6 is 0 Å². The summed E-state index contributed by atoms with van der Waals surface area (Å²) in [6, 6.07) is 6.54. The van der Waals surface area contributed by atoms with Gasteiger partial charge in [0.25, 0.3) is 0 Å². The van der Waals surface area contributed by atoms with E-state index in [2.05, 4.69) is 5.43 Å². The summed E-state index contributed by atoms with van der Waals surface area (Å²) in [5.41, 5.74) is 2.96. The Morgan fingerprint density at radius 1 is 1.50 bits per heavy atom. The molecule has 18 heavy (non-hydrogen) atoms. The zero-order chi connectivity index (χ0) is 13.0. The van der Waals surface area contributed by atoms with E-state index in [1.54, 1.807) is 13.2 Å². The predicted octanol–water partition coefficient (Wildman–Crippen LogP) is 2.50. The van der Waals surface area contributed by atoms with Crippen molar-refractivity contribution in [2.75, 3.05) is 13.7 Å². The lowest BCUT2D eigenvalue weighted by Gasteiger charge is -2.12. The van der Waals surface area contributed by atoms with Gasteiger partial charge in [0, 0.05) is 19.1 Å². The topological polar surface area (TPSA) is 60.4 Å². The zero-order valence-corrected chi connectivity index (χ0v) is 10.3. The number of hydrogen-bond donors (Lipinski definition) is 2. The average Bonchev–Trinajstić information content (AvgIpc) is 2.80. The van der Waals surface area contributed by atoms with Crippen LogP contribution in [0.1, 0.15) is 24.6 Å². The maximum absolute atomic E-state index is 13.5. The van der Waals surface area contributed by atoms with Crippen molar-refractivity contribution in [1.29, 1.82) is 0 Å². The first kappa shape index (κ1) is 13.0. The monoisotopic (exact) mass is 252 g/mol. The minimum atomic E-state index is -0.355. The van der Waals surface area contributed by atoms with Crippen molar-refractivity contribution in [2.45, 2.75) is 18.9 Å². The van der Waals surface area contributed by atoms with E-state index in [4.69, 9.17) is 15.0 Å². The van der Waals surface area contributed by atoms with Gasteiger partial charge in [-0.05, 0) is 25.0 Å². The van der Waals surface area contributed by atoms with Crippen LogP contribution in [-0.4, -0.2) is 13.7 Å². The molecule has 0 spiro atoms. The molecule has 0 bridgehead atoms. The molecule has 0 radical (unpaired) electrons. The summed E-state index contributed by atoms with van der Waals surface area (Å²) in [4.78, 5) is 0. The minimum absolute atomic E-state index is 0.132. The van der Waals surface area contributed by atoms with E-state index in [1.807, 2.05) is 12.1 Å². The fourth-order valence-corrected chi connectivity index (χ4v) is 1.96. The highest BCUT2D eigenvalue weighted by Gasteiger charge is 2.16. The number of hydrogen-bond acceptors (Lipinski definition) is 4. The van der Waals surface area contributed by atoms with Gasteiger partial charge in [0.1, 0.15) is 5.76 Å². The van der Waals surface area contributed by atoms with E-state index >= 15 is 0 Å². The van der Waals surface area contributed by atoms with Crippen molar-refractivity contribution < 1.29 is 13.5 Å². The number of halogens is 1. The van der Waals surface area contributed by atoms with E-state index in [0.717, 1.165) is 18.2 Å². The zero-order valence-electron chi connectivity index (χ0n) is 10.3. The molecule has 4 nitrogen and oxygen atoms in total. The summed E-state index contributed by atoms with van der Waals surface area (Å²) in [5, 5.41) is 0.747. The van der Waals surface area contributed by atoms with Gasteiger partial charge in [-0.1, -0.05) is 12.1 Å². The maximum atomic E-state index is 13.5. The summed E-state index contributed by atoms with van der Waals surface area (Å²) in [7, 11) is 1.65. The smallest absolute Gasteiger partial charge is 0.169 e. The van der Waals surface area contributed by atoms with Crippen LogP contribution in [0.4, 0.5) is 4.39 Å². The molecule has 2 rings (SSSR count). The molecule has 98 valence electrons. The number of rotatable bonds is 6. The molecule has 0 fully saturated rings. The summed E-state index contributed by atoms with van der Waals surface area (Å²) in [5.74, 6) is 5.79. The number of hydrazine groups is 1. The molecule has 0 saturated heterocycles. The Morgan fingerprint density at radius 3 is 3.00 bits per heavy atom. The number of fused-ring (bicyclic) bond motifs is 1. The Hall–Kier alpha value is -1.43. The molecule has 0 aliphatic heterocycles. The normalized spacial score (nSPS) is 13.1. The highest BCUT2D eigenvalue weighted by atomic mass is 19.1. The second-order valence-corrected chi connectivity index (χ2v) is 4.16. The minimum Gasteiger partial charge on any atom is -0.456 e. The molecule has 0 amide bonds. The fourth-order valence-electron chi connectivity index (χ4n) is 1.96. The fraction of sp³-hybridized carbons (Fsp3) is 0.385. The van der Waals surface area contributed by atoms with Crippen LogP contribution in [0, 0.1) is 5.82 Å². The number of methoxy groups -OCH3 is 1. The van der Waals surface area contributed by atoms with Crippen LogP contribution in [0.25, 0.3) is 11.0 Å². The number of nitrogens with two attached hydrogens (primary N) is 1. The van der Waals surface area contributed by atoms with E-state index in [0.29, 0.717) is 12.4 Å². The van der Waals surface area contributed by atoms with Crippen LogP contribution in [0.2, 0.25) is 0 Å². The Bertz CT molecular complexity index is 513. The second-order valence-electron chi connectivity index (χ2n) is 4.16. The molecule has 1 aromatic heterocycles. The Labute approximate surface area is 105 Å². The van der Waals surface area contributed by atoms with Crippen LogP contribution < -0.4 is 11.3 Å². The van der Waals surface area contributed by atoms with E-state index in [-0.39, 0.29) is 17.4 Å². The molecule has 5 heteroatoms. The molecule has 1 unspecified atom stereocenters. The van der Waals surface area contributed by atoms with E-state index in [1.165, 1.54) is 6.07 Å². The lowest BCUT2D eigenvalue weighted by Crippen LogP contribution is -2.27. The third kappa shape index (κ3) is 2.69. The van der Waals surface area contributed by atoms with Crippen molar-refractivity contribution in [3.63, 3.8) is 0 Å². The van der Waals surface area contributed by atoms with Crippen molar-refractivity contribution in [3.8, 4) is 0 Å². The molecule has 0 saturated carbocycles. The summed E-state index contributed by atoms with van der Waals surface area (Å²) >= 11 is 0. The molecule has 1 aromatic carbocycles. The molecular weight excluding hydrogens is 235 g/mol.